The van der Waals surface area contributed by atoms with E-state index < -0.39 is 0 Å². The van der Waals surface area contributed by atoms with Crippen LogP contribution in [-0.2, 0) is 17.8 Å². The molecule has 0 spiro atoms. The Kier molecular flexibility index (Phi) is 9.39. The molecule has 0 aromatic heterocycles. The summed E-state index contributed by atoms with van der Waals surface area (Å²) in [7, 11) is 5.72. The van der Waals surface area contributed by atoms with Gasteiger partial charge in [-0.1, -0.05) is 6.07 Å². The quantitative estimate of drug-likeness (QED) is 0.377. The van der Waals surface area contributed by atoms with Crippen molar-refractivity contribution in [1.82, 2.24) is 20.0 Å². The number of aliphatic imine (C=N–C) groups is 1. The molecule has 1 atom stereocenters. The molecule has 1 unspecified atom stereocenters. The normalized spacial score (nSPS) is 21.1. The molecule has 0 amide bonds. The lowest BCUT2D eigenvalue weighted by Gasteiger charge is -2.32. The Morgan fingerprint density at radius 3 is 2.71 bits per heavy atom. The largest absolute Gasteiger partial charge is 0.379 e. The SMILES string of the molecule is CN=C(NCc1ccc(F)c(CN(C)C)c1)N1CCC(N2CCOCC2)C1.I. The minimum Gasteiger partial charge on any atom is -0.379 e. The van der Waals surface area contributed by atoms with Crippen molar-refractivity contribution in [3.8, 4) is 0 Å². The average Bonchev–Trinajstić information content (AvgIpc) is 3.15. The number of hydrogen-bond acceptors (Lipinski definition) is 4. The maximum Gasteiger partial charge on any atom is 0.193 e. The summed E-state index contributed by atoms with van der Waals surface area (Å²) in [5.74, 6) is 0.772. The zero-order valence-electron chi connectivity index (χ0n) is 17.2. The molecule has 2 fully saturated rings. The van der Waals surface area contributed by atoms with Crippen molar-refractivity contribution in [3.05, 3.63) is 35.1 Å². The van der Waals surface area contributed by atoms with Crippen LogP contribution in [0.2, 0.25) is 0 Å². The Morgan fingerprint density at radius 1 is 1.29 bits per heavy atom. The fourth-order valence-electron chi connectivity index (χ4n) is 3.89. The van der Waals surface area contributed by atoms with E-state index in [-0.39, 0.29) is 29.8 Å². The number of nitrogens with one attached hydrogen (secondary N) is 1. The summed E-state index contributed by atoms with van der Waals surface area (Å²) in [5, 5.41) is 3.45. The van der Waals surface area contributed by atoms with Crippen LogP contribution in [0.1, 0.15) is 17.5 Å². The van der Waals surface area contributed by atoms with Crippen LogP contribution in [0.4, 0.5) is 4.39 Å². The predicted octanol–water partition coefficient (Wildman–Crippen LogP) is 1.99. The second kappa shape index (κ2) is 11.3. The number of nitrogens with zero attached hydrogens (tertiary/aromatic N) is 4. The lowest BCUT2D eigenvalue weighted by atomic mass is 10.1. The molecule has 1 N–H and O–H groups in total. The number of ether oxygens (including phenoxy) is 1. The summed E-state index contributed by atoms with van der Waals surface area (Å²) in [6.07, 6.45) is 1.16. The highest BCUT2D eigenvalue weighted by molar-refractivity contribution is 14.0. The monoisotopic (exact) mass is 505 g/mol. The molecule has 0 aliphatic carbocycles. The predicted molar refractivity (Wildman–Crippen MR) is 122 cm³/mol. The summed E-state index contributed by atoms with van der Waals surface area (Å²) >= 11 is 0. The van der Waals surface area contributed by atoms with Crippen LogP contribution in [0.25, 0.3) is 0 Å². The minimum absolute atomic E-state index is 0. The zero-order valence-corrected chi connectivity index (χ0v) is 19.5. The number of benzene rings is 1. The van der Waals surface area contributed by atoms with Gasteiger partial charge >= 0.3 is 0 Å². The van der Waals surface area contributed by atoms with E-state index in [1.807, 2.05) is 38.2 Å². The third-order valence-electron chi connectivity index (χ3n) is 5.28. The maximum absolute atomic E-state index is 14.0. The smallest absolute Gasteiger partial charge is 0.193 e. The van der Waals surface area contributed by atoms with Crippen LogP contribution in [0.5, 0.6) is 0 Å². The molecule has 158 valence electrons. The first-order chi connectivity index (χ1) is 13.1. The molecule has 8 heteroatoms. The summed E-state index contributed by atoms with van der Waals surface area (Å²) in [4.78, 5) is 11.3. The summed E-state index contributed by atoms with van der Waals surface area (Å²) in [6.45, 7) is 6.97. The highest BCUT2D eigenvalue weighted by Gasteiger charge is 2.30. The molecule has 2 saturated heterocycles. The van der Waals surface area contributed by atoms with Crippen LogP contribution < -0.4 is 5.32 Å². The number of likely N-dealkylation sites (tertiary alicyclic amines) is 1. The van der Waals surface area contributed by atoms with E-state index in [4.69, 9.17) is 4.74 Å². The van der Waals surface area contributed by atoms with Crippen LogP contribution in [0, 0.1) is 5.82 Å². The van der Waals surface area contributed by atoms with Gasteiger partial charge in [0.25, 0.3) is 0 Å². The van der Waals surface area contributed by atoms with Crippen LogP contribution in [0.15, 0.2) is 23.2 Å². The number of halogens is 2. The Labute approximate surface area is 185 Å². The number of guanidine groups is 1. The van der Waals surface area contributed by atoms with E-state index in [2.05, 4.69) is 20.1 Å². The van der Waals surface area contributed by atoms with Gasteiger partial charge in [0.05, 0.1) is 13.2 Å². The highest BCUT2D eigenvalue weighted by atomic mass is 127. The molecule has 1 aromatic rings. The summed E-state index contributed by atoms with van der Waals surface area (Å²) in [5.41, 5.74) is 1.79. The van der Waals surface area contributed by atoms with Crippen molar-refractivity contribution >= 4 is 29.9 Å². The van der Waals surface area contributed by atoms with Gasteiger partial charge in [-0.3, -0.25) is 9.89 Å². The highest BCUT2D eigenvalue weighted by Crippen LogP contribution is 2.17. The average molecular weight is 505 g/mol. The summed E-state index contributed by atoms with van der Waals surface area (Å²) < 4.78 is 19.4. The van der Waals surface area contributed by atoms with Crippen molar-refractivity contribution in [2.45, 2.75) is 25.6 Å². The molecule has 3 rings (SSSR count). The molecular weight excluding hydrogens is 472 g/mol. The van der Waals surface area contributed by atoms with E-state index in [0.29, 0.717) is 19.1 Å². The van der Waals surface area contributed by atoms with Crippen molar-refractivity contribution in [2.24, 2.45) is 4.99 Å². The second-order valence-electron chi connectivity index (χ2n) is 7.60. The van der Waals surface area contributed by atoms with Crippen LogP contribution >= 0.6 is 24.0 Å². The van der Waals surface area contributed by atoms with Gasteiger partial charge in [-0.05, 0) is 38.2 Å². The molecule has 0 bridgehead atoms. The first kappa shape index (κ1) is 23.3. The van der Waals surface area contributed by atoms with Gasteiger partial charge < -0.3 is 19.9 Å². The molecule has 2 aliphatic heterocycles. The Bertz CT molecular complexity index is 651. The second-order valence-corrected chi connectivity index (χ2v) is 7.60. The number of rotatable bonds is 5. The van der Waals surface area contributed by atoms with Gasteiger partial charge in [-0.25, -0.2) is 4.39 Å². The Balaban J connectivity index is 0.00000280. The third-order valence-corrected chi connectivity index (χ3v) is 5.28. The van der Waals surface area contributed by atoms with E-state index in [9.17, 15) is 4.39 Å². The fourth-order valence-corrected chi connectivity index (χ4v) is 3.89. The topological polar surface area (TPSA) is 43.3 Å². The summed E-state index contributed by atoms with van der Waals surface area (Å²) in [6, 6.07) is 5.92. The fraction of sp³-hybridized carbons (Fsp3) is 0.650. The van der Waals surface area contributed by atoms with E-state index in [0.717, 1.165) is 62.9 Å². The van der Waals surface area contributed by atoms with E-state index >= 15 is 0 Å². The van der Waals surface area contributed by atoms with Gasteiger partial charge in [0, 0.05) is 57.9 Å². The lowest BCUT2D eigenvalue weighted by molar-refractivity contribution is 0.0195. The zero-order chi connectivity index (χ0) is 19.2. The Morgan fingerprint density at radius 2 is 2.04 bits per heavy atom. The van der Waals surface area contributed by atoms with Crippen LogP contribution in [-0.4, -0.2) is 87.2 Å². The Hall–Kier alpha value is -0.970. The molecular formula is C20H33FIN5O. The third kappa shape index (κ3) is 6.27. The van der Waals surface area contributed by atoms with Crippen LogP contribution in [0.3, 0.4) is 0 Å². The van der Waals surface area contributed by atoms with E-state index in [1.54, 1.807) is 6.07 Å². The molecule has 0 radical (unpaired) electrons. The van der Waals surface area contributed by atoms with Gasteiger partial charge in [-0.2, -0.15) is 0 Å². The van der Waals surface area contributed by atoms with Crippen molar-refractivity contribution in [2.75, 3.05) is 60.5 Å². The first-order valence-electron chi connectivity index (χ1n) is 9.76. The molecule has 1 aromatic carbocycles. The molecule has 6 nitrogen and oxygen atoms in total. The van der Waals surface area contributed by atoms with Crippen molar-refractivity contribution in [1.29, 1.82) is 0 Å². The van der Waals surface area contributed by atoms with Crippen molar-refractivity contribution in [3.63, 3.8) is 0 Å². The first-order valence-corrected chi connectivity index (χ1v) is 9.76. The number of hydrogen-bond donors (Lipinski definition) is 1. The standard InChI is InChI=1S/C20H32FN5O.HI/c1-22-20(26-7-6-18(15-26)25-8-10-27-11-9-25)23-13-16-4-5-19(21)17(12-16)14-24(2)3;/h4-5,12,18H,6-11,13-15H2,1-3H3,(H,22,23);1H. The van der Waals surface area contributed by atoms with E-state index in [1.165, 1.54) is 0 Å². The van der Waals surface area contributed by atoms with Crippen molar-refractivity contribution < 1.29 is 9.13 Å². The van der Waals surface area contributed by atoms with Gasteiger partial charge in [-0.15, -0.1) is 24.0 Å². The van der Waals surface area contributed by atoms with Gasteiger partial charge in [0.15, 0.2) is 5.96 Å². The molecule has 2 aliphatic rings. The lowest BCUT2D eigenvalue weighted by Crippen LogP contribution is -2.46. The molecule has 28 heavy (non-hydrogen) atoms. The van der Waals surface area contributed by atoms with Gasteiger partial charge in [0.1, 0.15) is 5.82 Å². The number of morpholine rings is 1. The molecule has 2 heterocycles. The van der Waals surface area contributed by atoms with Gasteiger partial charge in [0.2, 0.25) is 0 Å². The minimum atomic E-state index is -0.148. The molecule has 0 saturated carbocycles. The maximum atomic E-state index is 14.0.